The smallest absolute Gasteiger partial charge is 0.316 e. The first-order valence-corrected chi connectivity index (χ1v) is 6.37. The van der Waals surface area contributed by atoms with Crippen LogP contribution in [0.15, 0.2) is 65.3 Å². The van der Waals surface area contributed by atoms with E-state index in [-0.39, 0.29) is 11.7 Å². The Morgan fingerprint density at radius 1 is 1.00 bits per heavy atom. The molecule has 20 heavy (non-hydrogen) atoms. The predicted octanol–water partition coefficient (Wildman–Crippen LogP) is 3.34. The third kappa shape index (κ3) is 2.52. The number of benzene rings is 2. The van der Waals surface area contributed by atoms with Crippen LogP contribution in [0.1, 0.15) is 16.7 Å². The zero-order valence-corrected chi connectivity index (χ0v) is 11.0. The first-order chi connectivity index (χ1) is 9.72. The van der Waals surface area contributed by atoms with Crippen LogP contribution in [0.5, 0.6) is 0 Å². The summed E-state index contributed by atoms with van der Waals surface area (Å²) >= 11 is 0. The molecule has 0 aromatic heterocycles. The second-order valence-corrected chi connectivity index (χ2v) is 4.61. The highest BCUT2D eigenvalue weighted by atomic mass is 16.5. The van der Waals surface area contributed by atoms with Crippen LogP contribution >= 0.6 is 0 Å². The van der Waals surface area contributed by atoms with Crippen LogP contribution in [0.3, 0.4) is 0 Å². The van der Waals surface area contributed by atoms with Crippen LogP contribution in [0, 0.1) is 6.92 Å². The summed E-state index contributed by atoms with van der Waals surface area (Å²) in [4.78, 5) is 15.8. The molecule has 1 aliphatic rings. The molecule has 0 bridgehead atoms. The number of aliphatic imine (C=N–C) groups is 1. The summed E-state index contributed by atoms with van der Waals surface area (Å²) in [5.74, 6) is 0.270. The van der Waals surface area contributed by atoms with E-state index >= 15 is 0 Å². The van der Waals surface area contributed by atoms with Gasteiger partial charge in [-0.1, -0.05) is 48.0 Å². The van der Waals surface area contributed by atoms with Crippen molar-refractivity contribution in [2.24, 2.45) is 4.99 Å². The molecular formula is C17H13NO2. The lowest BCUT2D eigenvalue weighted by Gasteiger charge is -2.01. The Labute approximate surface area is 117 Å². The van der Waals surface area contributed by atoms with Gasteiger partial charge in [0.05, 0.1) is 0 Å². The third-order valence-corrected chi connectivity index (χ3v) is 3.02. The molecule has 98 valence electrons. The van der Waals surface area contributed by atoms with Gasteiger partial charge in [-0.25, -0.2) is 0 Å². The molecule has 0 radical (unpaired) electrons. The van der Waals surface area contributed by atoms with Gasteiger partial charge in [0, 0.05) is 5.56 Å². The highest BCUT2D eigenvalue weighted by molar-refractivity contribution is 6.14. The molecule has 2 aromatic carbocycles. The zero-order chi connectivity index (χ0) is 13.9. The second kappa shape index (κ2) is 5.13. The fraction of sp³-hybridized carbons (Fsp3) is 0.0588. The minimum absolute atomic E-state index is 0.257. The Bertz CT molecular complexity index is 698. The van der Waals surface area contributed by atoms with Crippen LogP contribution in [0.2, 0.25) is 0 Å². The molecule has 1 amide bonds. The number of hydrogen-bond acceptors (Lipinski definition) is 2. The van der Waals surface area contributed by atoms with E-state index in [2.05, 4.69) is 4.99 Å². The van der Waals surface area contributed by atoms with Crippen molar-refractivity contribution in [2.45, 2.75) is 6.92 Å². The lowest BCUT2D eigenvalue weighted by Crippen LogP contribution is -1.99. The van der Waals surface area contributed by atoms with Gasteiger partial charge in [0.15, 0.2) is 5.76 Å². The van der Waals surface area contributed by atoms with E-state index in [1.54, 1.807) is 6.08 Å². The summed E-state index contributed by atoms with van der Waals surface area (Å²) in [7, 11) is 0. The van der Waals surface area contributed by atoms with Crippen LogP contribution < -0.4 is 0 Å². The number of nitrogens with zero attached hydrogens (tertiary/aromatic N) is 1. The molecule has 1 aliphatic heterocycles. The number of aryl methyl sites for hydroxylation is 1. The van der Waals surface area contributed by atoms with Crippen molar-refractivity contribution in [3.8, 4) is 0 Å². The Morgan fingerprint density at radius 3 is 2.40 bits per heavy atom. The van der Waals surface area contributed by atoms with Gasteiger partial charge in [-0.05, 0) is 30.7 Å². The van der Waals surface area contributed by atoms with E-state index in [1.807, 2.05) is 61.5 Å². The average Bonchev–Trinajstić information content (AvgIpc) is 2.84. The van der Waals surface area contributed by atoms with E-state index in [1.165, 1.54) is 5.56 Å². The van der Waals surface area contributed by atoms with Gasteiger partial charge < -0.3 is 4.74 Å². The van der Waals surface area contributed by atoms with Crippen molar-refractivity contribution in [1.82, 2.24) is 0 Å². The van der Waals surface area contributed by atoms with Crippen molar-refractivity contribution in [2.75, 3.05) is 0 Å². The topological polar surface area (TPSA) is 38.7 Å². The second-order valence-electron chi connectivity index (χ2n) is 4.61. The van der Waals surface area contributed by atoms with Crippen molar-refractivity contribution in [3.63, 3.8) is 0 Å². The van der Waals surface area contributed by atoms with Crippen molar-refractivity contribution in [3.05, 3.63) is 77.0 Å². The monoisotopic (exact) mass is 263 g/mol. The minimum Gasteiger partial charge on any atom is -0.432 e. The molecule has 3 heteroatoms. The molecule has 0 saturated heterocycles. The summed E-state index contributed by atoms with van der Waals surface area (Å²) in [5.41, 5.74) is 2.89. The summed E-state index contributed by atoms with van der Waals surface area (Å²) < 4.78 is 5.56. The molecule has 1 heterocycles. The fourth-order valence-corrected chi connectivity index (χ4v) is 1.93. The quantitative estimate of drug-likeness (QED) is 0.779. The molecule has 0 N–H and O–H groups in total. The van der Waals surface area contributed by atoms with E-state index < -0.39 is 0 Å². The number of ether oxygens (including phenoxy) is 1. The maximum Gasteiger partial charge on any atom is 0.316 e. The van der Waals surface area contributed by atoms with E-state index in [0.29, 0.717) is 5.90 Å². The summed E-state index contributed by atoms with van der Waals surface area (Å²) in [6.45, 7) is 2.02. The molecule has 3 rings (SSSR count). The molecule has 0 fully saturated rings. The molecular weight excluding hydrogens is 250 g/mol. The van der Waals surface area contributed by atoms with Crippen molar-refractivity contribution in [1.29, 1.82) is 0 Å². The van der Waals surface area contributed by atoms with Crippen LogP contribution in [-0.2, 0) is 9.53 Å². The number of carbonyl (C=O) groups is 1. The zero-order valence-electron chi connectivity index (χ0n) is 11.0. The third-order valence-electron chi connectivity index (χ3n) is 3.02. The van der Waals surface area contributed by atoms with Gasteiger partial charge in [0.2, 0.25) is 5.90 Å². The van der Waals surface area contributed by atoms with Crippen LogP contribution in [0.25, 0.3) is 6.08 Å². The normalized spacial score (nSPS) is 16.1. The van der Waals surface area contributed by atoms with Gasteiger partial charge >= 0.3 is 5.91 Å². The van der Waals surface area contributed by atoms with E-state index in [4.69, 9.17) is 4.74 Å². The summed E-state index contributed by atoms with van der Waals surface area (Å²) in [6, 6.07) is 17.3. The van der Waals surface area contributed by atoms with Gasteiger partial charge in [-0.2, -0.15) is 4.99 Å². The molecule has 2 aromatic rings. The molecule has 0 spiro atoms. The van der Waals surface area contributed by atoms with Crippen molar-refractivity contribution >= 4 is 17.9 Å². The highest BCUT2D eigenvalue weighted by Crippen LogP contribution is 2.19. The Balaban J connectivity index is 1.85. The number of carbonyl (C=O) groups excluding carboxylic acids is 1. The molecule has 0 atom stereocenters. The van der Waals surface area contributed by atoms with Gasteiger partial charge in [-0.3, -0.25) is 4.79 Å². The molecule has 0 saturated carbocycles. The first-order valence-electron chi connectivity index (χ1n) is 6.37. The fourth-order valence-electron chi connectivity index (χ4n) is 1.93. The largest absolute Gasteiger partial charge is 0.432 e. The summed E-state index contributed by atoms with van der Waals surface area (Å²) in [5, 5.41) is 0. The summed E-state index contributed by atoms with van der Waals surface area (Å²) in [6.07, 6.45) is 1.71. The SMILES string of the molecule is Cc1ccc(/C=C2\OC(c3ccccc3)=NC2=O)cc1. The van der Waals surface area contributed by atoms with Gasteiger partial charge in [0.25, 0.3) is 0 Å². The maximum atomic E-state index is 11.8. The van der Waals surface area contributed by atoms with Gasteiger partial charge in [0.1, 0.15) is 0 Å². The lowest BCUT2D eigenvalue weighted by atomic mass is 10.1. The maximum absolute atomic E-state index is 11.8. The molecule has 0 unspecified atom stereocenters. The Kier molecular flexibility index (Phi) is 3.17. The Hall–Kier alpha value is -2.68. The van der Waals surface area contributed by atoms with Gasteiger partial charge in [-0.15, -0.1) is 0 Å². The number of hydrogen-bond donors (Lipinski definition) is 0. The molecule has 0 aliphatic carbocycles. The van der Waals surface area contributed by atoms with Crippen LogP contribution in [0.4, 0.5) is 0 Å². The lowest BCUT2D eigenvalue weighted by molar-refractivity contribution is -0.115. The van der Waals surface area contributed by atoms with Crippen LogP contribution in [-0.4, -0.2) is 11.8 Å². The first kappa shape index (κ1) is 12.4. The number of amides is 1. The molecule has 3 nitrogen and oxygen atoms in total. The van der Waals surface area contributed by atoms with Crippen molar-refractivity contribution < 1.29 is 9.53 Å². The standard InChI is InChI=1S/C17H13NO2/c1-12-7-9-13(10-8-12)11-15-16(19)18-17(20-15)14-5-3-2-4-6-14/h2-11H,1H3/b15-11-. The average molecular weight is 263 g/mol. The van der Waals surface area contributed by atoms with E-state index in [0.717, 1.165) is 11.1 Å². The minimum atomic E-state index is -0.343. The van der Waals surface area contributed by atoms with E-state index in [9.17, 15) is 4.79 Å². The highest BCUT2D eigenvalue weighted by Gasteiger charge is 2.23. The predicted molar refractivity (Wildman–Crippen MR) is 78.2 cm³/mol. The Morgan fingerprint density at radius 2 is 1.70 bits per heavy atom. The number of rotatable bonds is 2.